The molecule has 1 aromatic heterocycles. The molecule has 1 aliphatic heterocycles. The predicted octanol–water partition coefficient (Wildman–Crippen LogP) is 3.69. The molecule has 0 radical (unpaired) electrons. The highest BCUT2D eigenvalue weighted by atomic mass is 127. The van der Waals surface area contributed by atoms with E-state index in [0.717, 1.165) is 37.2 Å². The second-order valence-corrected chi connectivity index (χ2v) is 7.29. The highest BCUT2D eigenvalue weighted by Crippen LogP contribution is 2.22. The fraction of sp³-hybridized carbons (Fsp3) is 0.524. The summed E-state index contributed by atoms with van der Waals surface area (Å²) in [6.07, 6.45) is 3.63. The highest BCUT2D eigenvalue weighted by Gasteiger charge is 2.22. The molecule has 3 rings (SSSR count). The fourth-order valence-corrected chi connectivity index (χ4v) is 3.87. The van der Waals surface area contributed by atoms with E-state index in [2.05, 4.69) is 64.5 Å². The van der Waals surface area contributed by atoms with Crippen molar-refractivity contribution in [3.05, 3.63) is 52.8 Å². The molecule has 0 aliphatic carbocycles. The summed E-state index contributed by atoms with van der Waals surface area (Å²) in [4.78, 5) is 6.90. The average Bonchev–Trinajstić information content (AvgIpc) is 2.90. The smallest absolute Gasteiger partial charge is 0.193 e. The van der Waals surface area contributed by atoms with Gasteiger partial charge in [-0.05, 0) is 44.6 Å². The van der Waals surface area contributed by atoms with E-state index in [9.17, 15) is 0 Å². The van der Waals surface area contributed by atoms with E-state index < -0.39 is 0 Å². The minimum atomic E-state index is 0. The first-order valence-corrected chi connectivity index (χ1v) is 9.57. The molecule has 0 bridgehead atoms. The third kappa shape index (κ3) is 5.46. The third-order valence-electron chi connectivity index (χ3n) is 5.58. The number of nitrogens with one attached hydrogen (secondary N) is 1. The van der Waals surface area contributed by atoms with Gasteiger partial charge in [0.1, 0.15) is 0 Å². The largest absolute Gasteiger partial charge is 0.352 e. The molecule has 1 saturated heterocycles. The van der Waals surface area contributed by atoms with Crippen LogP contribution >= 0.6 is 24.0 Å². The third-order valence-corrected chi connectivity index (χ3v) is 5.58. The first kappa shape index (κ1) is 21.7. The monoisotopic (exact) mass is 481 g/mol. The van der Waals surface area contributed by atoms with Gasteiger partial charge in [-0.2, -0.15) is 5.10 Å². The maximum atomic E-state index is 4.51. The van der Waals surface area contributed by atoms with Gasteiger partial charge in [-0.25, -0.2) is 0 Å². The lowest BCUT2D eigenvalue weighted by Gasteiger charge is -2.34. The van der Waals surface area contributed by atoms with Crippen molar-refractivity contribution in [3.63, 3.8) is 0 Å². The SMILES string of the molecule is CN=C(NCc1c(C)nn(C)c1C)N1CCC(Cc2ccccc2)CC1.I. The van der Waals surface area contributed by atoms with Crippen molar-refractivity contribution >= 4 is 29.9 Å². The Bertz CT molecular complexity index is 745. The zero-order chi connectivity index (χ0) is 18.5. The zero-order valence-corrected chi connectivity index (χ0v) is 19.2. The Labute approximate surface area is 180 Å². The number of halogens is 1. The van der Waals surface area contributed by atoms with Crippen LogP contribution < -0.4 is 5.32 Å². The number of likely N-dealkylation sites (tertiary alicyclic amines) is 1. The predicted molar refractivity (Wildman–Crippen MR) is 123 cm³/mol. The molecule has 1 aliphatic rings. The number of nitrogens with zero attached hydrogens (tertiary/aromatic N) is 4. The number of rotatable bonds is 4. The Morgan fingerprint density at radius 1 is 1.19 bits per heavy atom. The van der Waals surface area contributed by atoms with Crippen LogP contribution in [0, 0.1) is 19.8 Å². The number of aryl methyl sites for hydroxylation is 2. The van der Waals surface area contributed by atoms with Gasteiger partial charge in [0.25, 0.3) is 0 Å². The van der Waals surface area contributed by atoms with Crippen LogP contribution in [0.1, 0.15) is 35.4 Å². The van der Waals surface area contributed by atoms with Gasteiger partial charge in [-0.15, -0.1) is 24.0 Å². The van der Waals surface area contributed by atoms with E-state index in [1.807, 2.05) is 18.8 Å². The van der Waals surface area contributed by atoms with Gasteiger partial charge >= 0.3 is 0 Å². The zero-order valence-electron chi connectivity index (χ0n) is 16.9. The van der Waals surface area contributed by atoms with Crippen LogP contribution in [0.2, 0.25) is 0 Å². The molecule has 0 unspecified atom stereocenters. The maximum absolute atomic E-state index is 4.51. The Hall–Kier alpha value is -1.57. The van der Waals surface area contributed by atoms with Crippen molar-refractivity contribution in [2.75, 3.05) is 20.1 Å². The second kappa shape index (κ2) is 10.1. The van der Waals surface area contributed by atoms with Crippen molar-refractivity contribution < 1.29 is 0 Å². The molecular formula is C21H32IN5. The van der Waals surface area contributed by atoms with E-state index in [0.29, 0.717) is 0 Å². The number of guanidine groups is 1. The molecule has 5 nitrogen and oxygen atoms in total. The number of aromatic nitrogens is 2. The number of piperidine rings is 1. The molecule has 6 heteroatoms. The number of aliphatic imine (C=N–C) groups is 1. The van der Waals surface area contributed by atoms with Crippen molar-refractivity contribution in [1.82, 2.24) is 20.0 Å². The summed E-state index contributed by atoms with van der Waals surface area (Å²) < 4.78 is 1.95. The normalized spacial score (nSPS) is 15.6. The van der Waals surface area contributed by atoms with Crippen molar-refractivity contribution in [2.24, 2.45) is 18.0 Å². The second-order valence-electron chi connectivity index (χ2n) is 7.29. The van der Waals surface area contributed by atoms with Crippen molar-refractivity contribution in [3.8, 4) is 0 Å². The van der Waals surface area contributed by atoms with Crippen LogP contribution in [0.5, 0.6) is 0 Å². The lowest BCUT2D eigenvalue weighted by molar-refractivity contribution is 0.259. The van der Waals surface area contributed by atoms with Crippen LogP contribution in [0.15, 0.2) is 35.3 Å². The van der Waals surface area contributed by atoms with E-state index in [1.165, 1.54) is 36.1 Å². The molecule has 0 spiro atoms. The summed E-state index contributed by atoms with van der Waals surface area (Å²) in [5.74, 6) is 1.78. The summed E-state index contributed by atoms with van der Waals surface area (Å²) in [7, 11) is 3.87. The average molecular weight is 481 g/mol. The minimum absolute atomic E-state index is 0. The van der Waals surface area contributed by atoms with Gasteiger partial charge in [0.15, 0.2) is 5.96 Å². The fourth-order valence-electron chi connectivity index (χ4n) is 3.87. The Kier molecular flexibility index (Phi) is 8.13. The minimum Gasteiger partial charge on any atom is -0.352 e. The summed E-state index contributed by atoms with van der Waals surface area (Å²) in [5, 5.41) is 8.04. The first-order chi connectivity index (χ1) is 12.6. The molecule has 27 heavy (non-hydrogen) atoms. The quantitative estimate of drug-likeness (QED) is 0.412. The molecule has 1 aromatic carbocycles. The summed E-state index contributed by atoms with van der Waals surface area (Å²) >= 11 is 0. The van der Waals surface area contributed by atoms with Crippen molar-refractivity contribution in [2.45, 2.75) is 39.7 Å². The number of hydrogen-bond acceptors (Lipinski definition) is 2. The summed E-state index contributed by atoms with van der Waals surface area (Å²) in [6, 6.07) is 10.8. The van der Waals surface area contributed by atoms with Gasteiger partial charge in [0, 0.05) is 45.0 Å². The number of benzene rings is 1. The maximum Gasteiger partial charge on any atom is 0.193 e. The molecule has 2 heterocycles. The van der Waals surface area contributed by atoms with Crippen LogP contribution in [0.25, 0.3) is 0 Å². The van der Waals surface area contributed by atoms with Crippen LogP contribution in [0.3, 0.4) is 0 Å². The van der Waals surface area contributed by atoms with Crippen LogP contribution in [0.4, 0.5) is 0 Å². The Morgan fingerprint density at radius 2 is 1.85 bits per heavy atom. The molecule has 0 amide bonds. The molecule has 1 fully saturated rings. The lowest BCUT2D eigenvalue weighted by Crippen LogP contribution is -2.45. The van der Waals surface area contributed by atoms with Gasteiger partial charge in [0.05, 0.1) is 5.69 Å². The summed E-state index contributed by atoms with van der Waals surface area (Å²) in [6.45, 7) is 7.11. The van der Waals surface area contributed by atoms with Crippen LogP contribution in [-0.2, 0) is 20.0 Å². The molecule has 1 N–H and O–H groups in total. The molecule has 148 valence electrons. The molecule has 0 saturated carbocycles. The van der Waals surface area contributed by atoms with Gasteiger partial charge in [-0.3, -0.25) is 9.67 Å². The van der Waals surface area contributed by atoms with Gasteiger partial charge < -0.3 is 10.2 Å². The van der Waals surface area contributed by atoms with E-state index in [1.54, 1.807) is 0 Å². The van der Waals surface area contributed by atoms with Crippen molar-refractivity contribution in [1.29, 1.82) is 0 Å². The van der Waals surface area contributed by atoms with E-state index in [-0.39, 0.29) is 24.0 Å². The standard InChI is InChI=1S/C21H31N5.HI/c1-16-20(17(2)25(4)24-16)15-23-21(22-3)26-12-10-19(11-13-26)14-18-8-6-5-7-9-18;/h5-9,19H,10-15H2,1-4H3,(H,22,23);1H. The molecule has 0 atom stereocenters. The van der Waals surface area contributed by atoms with Gasteiger partial charge in [-0.1, -0.05) is 30.3 Å². The first-order valence-electron chi connectivity index (χ1n) is 9.57. The summed E-state index contributed by atoms with van der Waals surface area (Å²) in [5.41, 5.74) is 5.03. The van der Waals surface area contributed by atoms with E-state index >= 15 is 0 Å². The number of hydrogen-bond donors (Lipinski definition) is 1. The highest BCUT2D eigenvalue weighted by molar-refractivity contribution is 14.0. The Morgan fingerprint density at radius 3 is 2.41 bits per heavy atom. The van der Waals surface area contributed by atoms with E-state index in [4.69, 9.17) is 0 Å². The molecular weight excluding hydrogens is 449 g/mol. The Balaban J connectivity index is 0.00000261. The van der Waals surface area contributed by atoms with Gasteiger partial charge in [0.2, 0.25) is 0 Å². The topological polar surface area (TPSA) is 45.5 Å². The molecule has 2 aromatic rings. The van der Waals surface area contributed by atoms with Crippen LogP contribution in [-0.4, -0.2) is 40.8 Å². The lowest BCUT2D eigenvalue weighted by atomic mass is 9.90.